The largest absolute Gasteiger partial charge is 0.325 e. The van der Waals surface area contributed by atoms with E-state index in [9.17, 15) is 0 Å². The van der Waals surface area contributed by atoms with Crippen molar-refractivity contribution in [3.8, 4) is 0 Å². The molecule has 1 saturated carbocycles. The normalized spacial score (nSPS) is 18.2. The molecule has 1 nitrogen and oxygen atoms in total. The Bertz CT molecular complexity index is 347. The van der Waals surface area contributed by atoms with E-state index in [1.807, 2.05) is 18.2 Å². The molecule has 2 N–H and O–H groups in total. The summed E-state index contributed by atoms with van der Waals surface area (Å²) in [6.45, 7) is 0. The Morgan fingerprint density at radius 2 is 2.14 bits per heavy atom. The highest BCUT2D eigenvalue weighted by Crippen LogP contribution is 2.37. The molecule has 3 heteroatoms. The van der Waals surface area contributed by atoms with Gasteiger partial charge in [-0.25, -0.2) is 0 Å². The number of nitrogens with two attached hydrogens (primary N) is 1. The van der Waals surface area contributed by atoms with Gasteiger partial charge in [-0.3, -0.25) is 0 Å². The van der Waals surface area contributed by atoms with E-state index in [1.165, 1.54) is 18.4 Å². The molecule has 0 radical (unpaired) electrons. The molecule has 0 unspecified atom stereocenters. The van der Waals surface area contributed by atoms with Crippen LogP contribution < -0.4 is 5.73 Å². The number of benzene rings is 1. The van der Waals surface area contributed by atoms with Gasteiger partial charge in [0.2, 0.25) is 0 Å². The summed E-state index contributed by atoms with van der Waals surface area (Å²) in [5.41, 5.74) is 7.42. The van der Waals surface area contributed by atoms with Crippen LogP contribution in [-0.4, -0.2) is 5.54 Å². The van der Waals surface area contributed by atoms with Crippen molar-refractivity contribution in [1.29, 1.82) is 0 Å². The maximum Gasteiger partial charge on any atom is 0.0409 e. The zero-order chi connectivity index (χ0) is 10.2. The van der Waals surface area contributed by atoms with Crippen LogP contribution in [0.1, 0.15) is 24.8 Å². The second-order valence-electron chi connectivity index (χ2n) is 4.10. The number of aryl methyl sites for hydroxylation is 1. The van der Waals surface area contributed by atoms with Gasteiger partial charge in [-0.15, -0.1) is 0 Å². The third-order valence-corrected chi connectivity index (χ3v) is 3.80. The summed E-state index contributed by atoms with van der Waals surface area (Å²) in [5.74, 6) is 0. The van der Waals surface area contributed by atoms with E-state index in [0.29, 0.717) is 0 Å². The zero-order valence-electron chi connectivity index (χ0n) is 7.89. The van der Waals surface area contributed by atoms with Crippen LogP contribution in [0.15, 0.2) is 22.7 Å². The molecule has 1 aliphatic rings. The average Bonchev–Trinajstić information content (AvgIpc) is 2.87. The Labute approximate surface area is 97.8 Å². The van der Waals surface area contributed by atoms with Gasteiger partial charge in [0.1, 0.15) is 0 Å². The van der Waals surface area contributed by atoms with Crippen LogP contribution in [0.4, 0.5) is 0 Å². The molecule has 1 aliphatic carbocycles. The van der Waals surface area contributed by atoms with Gasteiger partial charge in [0.25, 0.3) is 0 Å². The van der Waals surface area contributed by atoms with E-state index in [-0.39, 0.29) is 5.54 Å². The Morgan fingerprint density at radius 1 is 1.43 bits per heavy atom. The first kappa shape index (κ1) is 10.5. The van der Waals surface area contributed by atoms with Gasteiger partial charge in [0, 0.05) is 15.0 Å². The zero-order valence-corrected chi connectivity index (χ0v) is 10.2. The number of rotatable bonds is 3. The van der Waals surface area contributed by atoms with Crippen molar-refractivity contribution in [2.45, 2.75) is 31.2 Å². The molecular weight excluding hydrogens is 261 g/mol. The Hall–Kier alpha value is -0.0500. The van der Waals surface area contributed by atoms with Gasteiger partial charge in [-0.05, 0) is 49.4 Å². The highest BCUT2D eigenvalue weighted by atomic mass is 79.9. The first-order valence-corrected chi connectivity index (χ1v) is 5.99. The van der Waals surface area contributed by atoms with E-state index in [4.69, 9.17) is 17.3 Å². The summed E-state index contributed by atoms with van der Waals surface area (Å²) in [4.78, 5) is 0. The lowest BCUT2D eigenvalue weighted by atomic mass is 10.0. The monoisotopic (exact) mass is 273 g/mol. The number of halogens is 2. The van der Waals surface area contributed by atoms with Gasteiger partial charge in [-0.2, -0.15) is 0 Å². The van der Waals surface area contributed by atoms with Crippen LogP contribution in [0, 0.1) is 0 Å². The van der Waals surface area contributed by atoms with E-state index in [1.54, 1.807) is 0 Å². The van der Waals surface area contributed by atoms with E-state index in [0.717, 1.165) is 22.3 Å². The lowest BCUT2D eigenvalue weighted by Crippen LogP contribution is -2.22. The minimum atomic E-state index is 0.127. The predicted molar refractivity (Wildman–Crippen MR) is 63.6 cm³/mol. The molecule has 0 spiro atoms. The fraction of sp³-hybridized carbons (Fsp3) is 0.455. The molecule has 0 bridgehead atoms. The van der Waals surface area contributed by atoms with Gasteiger partial charge in [-0.1, -0.05) is 27.5 Å². The lowest BCUT2D eigenvalue weighted by molar-refractivity contribution is 0.608. The molecule has 0 aliphatic heterocycles. The van der Waals surface area contributed by atoms with Gasteiger partial charge >= 0.3 is 0 Å². The highest BCUT2D eigenvalue weighted by molar-refractivity contribution is 9.10. The first-order valence-electron chi connectivity index (χ1n) is 4.82. The molecule has 0 aromatic heterocycles. The number of hydrogen-bond donors (Lipinski definition) is 1. The summed E-state index contributed by atoms with van der Waals surface area (Å²) in [7, 11) is 0. The second kappa shape index (κ2) is 3.84. The number of hydrogen-bond acceptors (Lipinski definition) is 1. The summed E-state index contributed by atoms with van der Waals surface area (Å²) < 4.78 is 1.13. The van der Waals surface area contributed by atoms with Crippen molar-refractivity contribution in [2.75, 3.05) is 0 Å². The molecule has 14 heavy (non-hydrogen) atoms. The van der Waals surface area contributed by atoms with Crippen molar-refractivity contribution in [3.05, 3.63) is 33.3 Å². The smallest absolute Gasteiger partial charge is 0.0409 e. The van der Waals surface area contributed by atoms with Gasteiger partial charge < -0.3 is 5.73 Å². The van der Waals surface area contributed by atoms with E-state index < -0.39 is 0 Å². The SMILES string of the molecule is NC1(CCc2cc(Cl)ccc2Br)CC1. The van der Waals surface area contributed by atoms with Crippen LogP contribution in [-0.2, 0) is 6.42 Å². The Kier molecular flexibility index (Phi) is 2.87. The second-order valence-corrected chi connectivity index (χ2v) is 5.39. The molecule has 0 saturated heterocycles. The van der Waals surface area contributed by atoms with Gasteiger partial charge in [0.15, 0.2) is 0 Å². The molecule has 0 atom stereocenters. The fourth-order valence-corrected chi connectivity index (χ4v) is 2.17. The molecule has 1 aromatic carbocycles. The van der Waals surface area contributed by atoms with Crippen LogP contribution in [0.3, 0.4) is 0 Å². The van der Waals surface area contributed by atoms with E-state index >= 15 is 0 Å². The summed E-state index contributed by atoms with van der Waals surface area (Å²) >= 11 is 9.45. The maximum absolute atomic E-state index is 6.03. The minimum Gasteiger partial charge on any atom is -0.325 e. The standard InChI is InChI=1S/C11H13BrClN/c12-10-2-1-9(13)7-8(10)3-4-11(14)5-6-11/h1-2,7H,3-6,14H2. The van der Waals surface area contributed by atoms with Gasteiger partial charge in [0.05, 0.1) is 0 Å². The van der Waals surface area contributed by atoms with Crippen molar-refractivity contribution in [3.63, 3.8) is 0 Å². The minimum absolute atomic E-state index is 0.127. The summed E-state index contributed by atoms with van der Waals surface area (Å²) in [5, 5.41) is 0.796. The lowest BCUT2D eigenvalue weighted by Gasteiger charge is -2.09. The van der Waals surface area contributed by atoms with Crippen molar-refractivity contribution < 1.29 is 0 Å². The molecule has 0 amide bonds. The predicted octanol–water partition coefficient (Wildman–Crippen LogP) is 3.53. The topological polar surface area (TPSA) is 26.0 Å². The molecule has 2 rings (SSSR count). The van der Waals surface area contributed by atoms with Crippen molar-refractivity contribution in [2.24, 2.45) is 5.73 Å². The Balaban J connectivity index is 2.04. The average molecular weight is 275 g/mol. The molecule has 1 fully saturated rings. The van der Waals surface area contributed by atoms with Crippen molar-refractivity contribution in [1.82, 2.24) is 0 Å². The van der Waals surface area contributed by atoms with Crippen LogP contribution in [0.2, 0.25) is 5.02 Å². The third kappa shape index (κ3) is 2.50. The summed E-state index contributed by atoms with van der Waals surface area (Å²) in [6.07, 6.45) is 4.42. The molecular formula is C11H13BrClN. The van der Waals surface area contributed by atoms with Crippen LogP contribution in [0.5, 0.6) is 0 Å². The first-order chi connectivity index (χ1) is 6.59. The molecule has 0 heterocycles. The fourth-order valence-electron chi connectivity index (χ4n) is 1.53. The maximum atomic E-state index is 6.03. The third-order valence-electron chi connectivity index (χ3n) is 2.79. The highest BCUT2D eigenvalue weighted by Gasteiger charge is 2.37. The van der Waals surface area contributed by atoms with Crippen molar-refractivity contribution >= 4 is 27.5 Å². The molecule has 76 valence electrons. The van der Waals surface area contributed by atoms with E-state index in [2.05, 4.69) is 15.9 Å². The summed E-state index contributed by atoms with van der Waals surface area (Å²) in [6, 6.07) is 5.90. The van der Waals surface area contributed by atoms with Crippen LogP contribution in [0.25, 0.3) is 0 Å². The molecule has 1 aromatic rings. The Morgan fingerprint density at radius 3 is 2.79 bits per heavy atom. The quantitative estimate of drug-likeness (QED) is 0.896. The van der Waals surface area contributed by atoms with Crippen LogP contribution >= 0.6 is 27.5 Å².